The summed E-state index contributed by atoms with van der Waals surface area (Å²) in [7, 11) is -4.15. The summed E-state index contributed by atoms with van der Waals surface area (Å²) in [5.74, 6) is -1.74. The molecule has 0 aliphatic rings. The van der Waals surface area contributed by atoms with Gasteiger partial charge in [-0.05, 0) is 72.2 Å². The molecule has 0 radical (unpaired) electrons. The number of phenols is 1. The molecule has 0 saturated heterocycles. The van der Waals surface area contributed by atoms with Gasteiger partial charge >= 0.3 is 5.97 Å². The molecule has 0 fully saturated rings. The number of hydrogen-bond donors (Lipinski definition) is 4. The second kappa shape index (κ2) is 11.0. The van der Waals surface area contributed by atoms with E-state index in [1.165, 1.54) is 54.6 Å². The second-order valence-electron chi connectivity index (χ2n) is 7.28. The van der Waals surface area contributed by atoms with Crippen LogP contribution in [0.3, 0.4) is 0 Å². The largest absolute Gasteiger partial charge is 0.508 e. The Balaban J connectivity index is 1.64. The van der Waals surface area contributed by atoms with Gasteiger partial charge in [0.05, 0.1) is 4.90 Å². The number of carboxylic acid groups (broad SMARTS) is 1. The molecule has 1 atom stereocenters. The molecule has 0 aromatic heterocycles. The maximum atomic E-state index is 12.7. The highest BCUT2D eigenvalue weighted by molar-refractivity contribution is 7.89. The number of aromatic hydroxyl groups is 1. The van der Waals surface area contributed by atoms with Crippen LogP contribution in [0.5, 0.6) is 5.75 Å². The summed E-state index contributed by atoms with van der Waals surface area (Å²) < 4.78 is 27.5. The minimum absolute atomic E-state index is 0.0175. The molecule has 0 aliphatic carbocycles. The normalized spacial score (nSPS) is 12.4. The number of carbonyl (C=O) groups is 2. The van der Waals surface area contributed by atoms with E-state index < -0.39 is 27.9 Å². The Morgan fingerprint density at radius 3 is 2.15 bits per heavy atom. The minimum Gasteiger partial charge on any atom is -0.508 e. The van der Waals surface area contributed by atoms with Crippen LogP contribution < -0.4 is 10.0 Å². The Morgan fingerprint density at radius 2 is 1.56 bits per heavy atom. The van der Waals surface area contributed by atoms with Gasteiger partial charge in [0.2, 0.25) is 15.9 Å². The van der Waals surface area contributed by atoms with Crippen molar-refractivity contribution >= 4 is 45.3 Å². The van der Waals surface area contributed by atoms with Gasteiger partial charge in [0.15, 0.2) is 0 Å². The summed E-state index contributed by atoms with van der Waals surface area (Å²) in [6.07, 6.45) is 2.83. The van der Waals surface area contributed by atoms with Crippen molar-refractivity contribution in [2.45, 2.75) is 17.4 Å². The number of aliphatic carboxylic acids is 1. The Bertz CT molecular complexity index is 1290. The van der Waals surface area contributed by atoms with Gasteiger partial charge in [-0.3, -0.25) is 9.59 Å². The first-order chi connectivity index (χ1) is 16.1. The summed E-state index contributed by atoms with van der Waals surface area (Å²) >= 11 is 5.82. The number of sulfonamides is 1. The predicted molar refractivity (Wildman–Crippen MR) is 129 cm³/mol. The van der Waals surface area contributed by atoms with E-state index in [0.29, 0.717) is 16.3 Å². The molecule has 3 aromatic carbocycles. The third kappa shape index (κ3) is 7.17. The van der Waals surface area contributed by atoms with Crippen LogP contribution in [0.15, 0.2) is 83.8 Å². The Hall–Kier alpha value is -3.66. The maximum Gasteiger partial charge on any atom is 0.322 e. The number of hydrogen-bond acceptors (Lipinski definition) is 5. The number of benzene rings is 3. The number of phenolic OH excluding ortho intramolecular Hbond substituents is 1. The van der Waals surface area contributed by atoms with Crippen LogP contribution in [0.2, 0.25) is 5.02 Å². The highest BCUT2D eigenvalue weighted by atomic mass is 35.5. The van der Waals surface area contributed by atoms with E-state index in [2.05, 4.69) is 10.0 Å². The molecule has 0 spiro atoms. The zero-order valence-corrected chi connectivity index (χ0v) is 19.3. The van der Waals surface area contributed by atoms with E-state index >= 15 is 0 Å². The van der Waals surface area contributed by atoms with Gasteiger partial charge in [-0.1, -0.05) is 35.9 Å². The Labute approximate surface area is 201 Å². The van der Waals surface area contributed by atoms with Crippen molar-refractivity contribution in [3.05, 3.63) is 95.0 Å². The van der Waals surface area contributed by atoms with Gasteiger partial charge in [-0.2, -0.15) is 4.72 Å². The molecule has 176 valence electrons. The first kappa shape index (κ1) is 25.0. The van der Waals surface area contributed by atoms with Crippen molar-refractivity contribution in [1.82, 2.24) is 4.72 Å². The second-order valence-corrected chi connectivity index (χ2v) is 9.43. The van der Waals surface area contributed by atoms with Gasteiger partial charge in [-0.25, -0.2) is 8.42 Å². The van der Waals surface area contributed by atoms with Crippen LogP contribution in [0, 0.1) is 0 Å². The Morgan fingerprint density at radius 1 is 0.941 bits per heavy atom. The lowest BCUT2D eigenvalue weighted by Gasteiger charge is -2.15. The summed E-state index contributed by atoms with van der Waals surface area (Å²) in [5, 5.41) is 22.0. The van der Waals surface area contributed by atoms with E-state index in [4.69, 9.17) is 11.6 Å². The van der Waals surface area contributed by atoms with Crippen LogP contribution >= 0.6 is 11.6 Å². The molecule has 0 bridgehead atoms. The highest BCUT2D eigenvalue weighted by Crippen LogP contribution is 2.17. The molecular formula is C24H21ClN2O6S. The van der Waals surface area contributed by atoms with Crippen LogP contribution in [0.4, 0.5) is 5.69 Å². The van der Waals surface area contributed by atoms with Gasteiger partial charge in [0, 0.05) is 16.8 Å². The molecule has 4 N–H and O–H groups in total. The predicted octanol–water partition coefficient (Wildman–Crippen LogP) is 3.67. The molecule has 0 unspecified atom stereocenters. The first-order valence-corrected chi connectivity index (χ1v) is 11.9. The van der Waals surface area contributed by atoms with Gasteiger partial charge in [-0.15, -0.1) is 0 Å². The standard InChI is InChI=1S/C24H21ClN2O6S/c25-18-6-1-16(2-7-18)5-14-23(29)26-19-8-12-21(13-9-19)34(32,33)27-22(24(30)31)15-17-3-10-20(28)11-4-17/h1-14,22,27-28H,15H2,(H,26,29)(H,30,31)/b14-5+/t22-/m0/s1. The lowest BCUT2D eigenvalue weighted by Crippen LogP contribution is -2.42. The number of nitrogens with one attached hydrogen (secondary N) is 2. The molecule has 0 aliphatic heterocycles. The smallest absolute Gasteiger partial charge is 0.322 e. The third-order valence-corrected chi connectivity index (χ3v) is 6.44. The summed E-state index contributed by atoms with van der Waals surface area (Å²) in [5.41, 5.74) is 1.69. The van der Waals surface area contributed by atoms with Gasteiger partial charge < -0.3 is 15.5 Å². The average molecular weight is 501 g/mol. The molecule has 3 aromatic rings. The van der Waals surface area contributed by atoms with Crippen molar-refractivity contribution < 1.29 is 28.2 Å². The minimum atomic E-state index is -4.15. The highest BCUT2D eigenvalue weighted by Gasteiger charge is 2.25. The van der Waals surface area contributed by atoms with E-state index in [9.17, 15) is 28.2 Å². The lowest BCUT2D eigenvalue weighted by molar-refractivity contribution is -0.138. The fourth-order valence-corrected chi connectivity index (χ4v) is 4.26. The first-order valence-electron chi connectivity index (χ1n) is 10.00. The van der Waals surface area contributed by atoms with E-state index in [0.717, 1.165) is 5.56 Å². The SMILES string of the molecule is O=C(/C=C/c1ccc(Cl)cc1)Nc1ccc(S(=O)(=O)N[C@@H](Cc2ccc(O)cc2)C(=O)O)cc1. The zero-order valence-electron chi connectivity index (χ0n) is 17.7. The Kier molecular flexibility index (Phi) is 8.06. The summed E-state index contributed by atoms with van der Waals surface area (Å²) in [6, 6.07) is 16.6. The molecule has 34 heavy (non-hydrogen) atoms. The molecule has 10 heteroatoms. The van der Waals surface area contributed by atoms with Crippen LogP contribution in [0.1, 0.15) is 11.1 Å². The van der Waals surface area contributed by atoms with E-state index in [1.807, 2.05) is 0 Å². The summed E-state index contributed by atoms with van der Waals surface area (Å²) in [4.78, 5) is 23.6. The van der Waals surface area contributed by atoms with E-state index in [1.54, 1.807) is 30.3 Å². The zero-order chi connectivity index (χ0) is 24.7. The molecule has 0 heterocycles. The van der Waals surface area contributed by atoms with Crippen molar-refractivity contribution in [1.29, 1.82) is 0 Å². The molecule has 0 saturated carbocycles. The van der Waals surface area contributed by atoms with Crippen molar-refractivity contribution in [2.75, 3.05) is 5.32 Å². The monoisotopic (exact) mass is 500 g/mol. The van der Waals surface area contributed by atoms with Crippen molar-refractivity contribution in [3.8, 4) is 5.75 Å². The number of amides is 1. The molecule has 1 amide bonds. The number of rotatable bonds is 9. The number of carbonyl (C=O) groups excluding carboxylic acids is 1. The lowest BCUT2D eigenvalue weighted by atomic mass is 10.1. The number of anilines is 1. The van der Waals surface area contributed by atoms with Crippen LogP contribution in [-0.2, 0) is 26.0 Å². The molecule has 8 nitrogen and oxygen atoms in total. The van der Waals surface area contributed by atoms with Crippen LogP contribution in [-0.4, -0.2) is 36.5 Å². The fourth-order valence-electron chi connectivity index (χ4n) is 2.95. The number of carboxylic acids is 1. The quantitative estimate of drug-likeness (QED) is 0.331. The number of halogens is 1. The topological polar surface area (TPSA) is 133 Å². The molecule has 3 rings (SSSR count). The van der Waals surface area contributed by atoms with Crippen LogP contribution in [0.25, 0.3) is 6.08 Å². The fraction of sp³-hybridized carbons (Fsp3) is 0.0833. The van der Waals surface area contributed by atoms with Gasteiger partial charge in [0.25, 0.3) is 0 Å². The third-order valence-electron chi connectivity index (χ3n) is 4.70. The maximum absolute atomic E-state index is 12.7. The average Bonchev–Trinajstić information content (AvgIpc) is 2.80. The molecular weight excluding hydrogens is 480 g/mol. The van der Waals surface area contributed by atoms with Crippen molar-refractivity contribution in [3.63, 3.8) is 0 Å². The van der Waals surface area contributed by atoms with Crippen molar-refractivity contribution in [2.24, 2.45) is 0 Å². The summed E-state index contributed by atoms with van der Waals surface area (Å²) in [6.45, 7) is 0. The van der Waals surface area contributed by atoms with E-state index in [-0.39, 0.29) is 17.1 Å². The van der Waals surface area contributed by atoms with Gasteiger partial charge in [0.1, 0.15) is 11.8 Å².